The van der Waals surface area contributed by atoms with Crippen LogP contribution in [0.25, 0.3) is 17.2 Å². The first-order chi connectivity index (χ1) is 40.6. The van der Waals surface area contributed by atoms with Crippen LogP contribution in [-0.2, 0) is 19.6 Å². The van der Waals surface area contributed by atoms with Gasteiger partial charge in [0.25, 0.3) is 23.2 Å². The van der Waals surface area contributed by atoms with Crippen LogP contribution >= 0.6 is 0 Å². The summed E-state index contributed by atoms with van der Waals surface area (Å²) in [4.78, 5) is 60.6. The second kappa shape index (κ2) is 27.5. The summed E-state index contributed by atoms with van der Waals surface area (Å²) in [7, 11) is 4.23. The van der Waals surface area contributed by atoms with E-state index in [0.717, 1.165) is 91.0 Å². The van der Waals surface area contributed by atoms with Gasteiger partial charge in [0, 0.05) is 98.1 Å². The molecule has 26 heteroatoms. The highest BCUT2D eigenvalue weighted by molar-refractivity contribution is 6.04. The SMILES string of the molecule is CC(C)c1cnn2c(-n3cncn3)nc(OC3CCN(C)CC3)nc12.CC(C)c1cnn2c(NCc3ccccc3NC(=O)c3ccc([N+](=O)[O-])cc3)nc(OC3CCN(C)CC3)nc12.NCc1ccccc1NCc1ccc([N+](=O)[O-])cc1. The van der Waals surface area contributed by atoms with Crippen molar-refractivity contribution in [3.63, 3.8) is 0 Å². The first-order valence-electron chi connectivity index (χ1n) is 27.8. The number of fused-ring (bicyclic) bond motifs is 2. The van der Waals surface area contributed by atoms with Crippen LogP contribution in [0.5, 0.6) is 12.0 Å². The van der Waals surface area contributed by atoms with Gasteiger partial charge in [-0.3, -0.25) is 25.0 Å². The zero-order chi connectivity index (χ0) is 59.3. The maximum Gasteiger partial charge on any atom is 0.322 e. The molecule has 2 aliphatic heterocycles. The summed E-state index contributed by atoms with van der Waals surface area (Å²) in [5, 5.41) is 44.2. The lowest BCUT2D eigenvalue weighted by Crippen LogP contribution is -2.36. The minimum atomic E-state index is -0.499. The van der Waals surface area contributed by atoms with Crippen LogP contribution in [0.2, 0.25) is 0 Å². The van der Waals surface area contributed by atoms with Gasteiger partial charge in [-0.1, -0.05) is 76.2 Å². The average molecular weight is 1140 g/mol. The second-order valence-electron chi connectivity index (χ2n) is 21.1. The molecule has 438 valence electrons. The van der Waals surface area contributed by atoms with Crippen molar-refractivity contribution in [2.45, 2.75) is 97.1 Å². The van der Waals surface area contributed by atoms with Crippen LogP contribution in [0.1, 0.15) is 103 Å². The molecular weight excluding hydrogens is 1070 g/mol. The summed E-state index contributed by atoms with van der Waals surface area (Å²) in [5.41, 5.74) is 13.9. The first kappa shape index (κ1) is 59.1. The van der Waals surface area contributed by atoms with Gasteiger partial charge in [-0.05, 0) is 92.6 Å². The Balaban J connectivity index is 0.000000164. The van der Waals surface area contributed by atoms with Gasteiger partial charge < -0.3 is 41.0 Å². The number of hydrogen-bond donors (Lipinski definition) is 4. The summed E-state index contributed by atoms with van der Waals surface area (Å²) < 4.78 is 17.3. The smallest absolute Gasteiger partial charge is 0.322 e. The Hall–Kier alpha value is -9.53. The monoisotopic (exact) mass is 1140 g/mol. The maximum absolute atomic E-state index is 12.9. The summed E-state index contributed by atoms with van der Waals surface area (Å²) in [6, 6.07) is 27.9. The van der Waals surface area contributed by atoms with E-state index in [9.17, 15) is 25.0 Å². The lowest BCUT2D eigenvalue weighted by Gasteiger charge is -2.28. The number of nitrogens with one attached hydrogen (secondary N) is 3. The maximum atomic E-state index is 12.9. The van der Waals surface area contributed by atoms with E-state index in [1.54, 1.807) is 44.4 Å². The molecule has 9 aromatic rings. The number of carbonyl (C=O) groups excluding carboxylic acids is 1. The molecule has 1 amide bonds. The molecule has 2 saturated heterocycles. The Labute approximate surface area is 484 Å². The van der Waals surface area contributed by atoms with Gasteiger partial charge in [-0.15, -0.1) is 0 Å². The summed E-state index contributed by atoms with van der Waals surface area (Å²) in [6.07, 6.45) is 10.6. The summed E-state index contributed by atoms with van der Waals surface area (Å²) in [5.74, 6) is 1.15. The molecule has 11 rings (SSSR count). The number of benzene rings is 4. The molecular formula is C58H69N19O7. The third-order valence-corrected chi connectivity index (χ3v) is 14.4. The highest BCUT2D eigenvalue weighted by Gasteiger charge is 2.25. The number of carbonyl (C=O) groups is 1. The number of nitrogens with zero attached hydrogens (tertiary/aromatic N) is 15. The Morgan fingerprint density at radius 2 is 1.17 bits per heavy atom. The quantitative estimate of drug-likeness (QED) is 0.0462. The lowest BCUT2D eigenvalue weighted by atomic mass is 10.1. The molecule has 0 atom stereocenters. The first-order valence-corrected chi connectivity index (χ1v) is 27.8. The molecule has 7 heterocycles. The molecule has 5 aromatic heterocycles. The van der Waals surface area contributed by atoms with Gasteiger partial charge in [0.2, 0.25) is 5.95 Å². The molecule has 2 aliphatic rings. The van der Waals surface area contributed by atoms with Gasteiger partial charge in [-0.2, -0.15) is 48.9 Å². The number of hydrogen-bond acceptors (Lipinski definition) is 20. The molecule has 0 unspecified atom stereocenters. The number of anilines is 3. The Kier molecular flexibility index (Phi) is 19.3. The van der Waals surface area contributed by atoms with Crippen LogP contribution in [-0.4, -0.2) is 132 Å². The highest BCUT2D eigenvalue weighted by atomic mass is 16.6. The average Bonchev–Trinajstić information content (AvgIpc) is 4.43. The zero-order valence-corrected chi connectivity index (χ0v) is 47.8. The Morgan fingerprint density at radius 1 is 0.643 bits per heavy atom. The summed E-state index contributed by atoms with van der Waals surface area (Å²) in [6.45, 7) is 13.8. The number of para-hydroxylation sites is 2. The van der Waals surface area contributed by atoms with Gasteiger partial charge >= 0.3 is 12.0 Å². The predicted octanol–water partition coefficient (Wildman–Crippen LogP) is 8.46. The molecule has 26 nitrogen and oxygen atoms in total. The van der Waals surface area contributed by atoms with E-state index in [2.05, 4.69) is 103 Å². The topological polar surface area (TPSA) is 307 Å². The van der Waals surface area contributed by atoms with Crippen molar-refractivity contribution in [1.82, 2.24) is 63.7 Å². The van der Waals surface area contributed by atoms with Crippen molar-refractivity contribution in [2.75, 3.05) is 56.2 Å². The number of rotatable bonds is 18. The normalized spacial score (nSPS) is 14.2. The van der Waals surface area contributed by atoms with E-state index in [1.807, 2.05) is 48.7 Å². The Bertz CT molecular complexity index is 3650. The van der Waals surface area contributed by atoms with E-state index >= 15 is 0 Å². The highest BCUT2D eigenvalue weighted by Crippen LogP contribution is 2.28. The molecule has 0 aliphatic carbocycles. The predicted molar refractivity (Wildman–Crippen MR) is 317 cm³/mol. The van der Waals surface area contributed by atoms with Crippen LogP contribution < -0.4 is 31.2 Å². The fraction of sp³-hybridized carbons (Fsp3) is 0.362. The fourth-order valence-electron chi connectivity index (χ4n) is 9.44. The number of nitrogens with two attached hydrogens (primary N) is 1. The minimum Gasteiger partial charge on any atom is -0.460 e. The number of nitro benzene ring substituents is 2. The molecule has 2 fully saturated rings. The second-order valence-corrected chi connectivity index (χ2v) is 21.1. The van der Waals surface area contributed by atoms with Crippen molar-refractivity contribution < 1.29 is 24.1 Å². The molecule has 5 N–H and O–H groups in total. The van der Waals surface area contributed by atoms with Gasteiger partial charge in [-0.25, -0.2) is 4.98 Å². The van der Waals surface area contributed by atoms with E-state index < -0.39 is 9.85 Å². The molecule has 4 aromatic carbocycles. The number of piperidine rings is 2. The Morgan fingerprint density at radius 3 is 1.71 bits per heavy atom. The van der Waals surface area contributed by atoms with Gasteiger partial charge in [0.05, 0.1) is 22.2 Å². The van der Waals surface area contributed by atoms with Crippen molar-refractivity contribution in [2.24, 2.45) is 5.73 Å². The van der Waals surface area contributed by atoms with Crippen LogP contribution in [0.4, 0.5) is 28.7 Å². The third-order valence-electron chi connectivity index (χ3n) is 14.4. The van der Waals surface area contributed by atoms with E-state index in [0.29, 0.717) is 66.4 Å². The van der Waals surface area contributed by atoms with Crippen molar-refractivity contribution in [3.05, 3.63) is 176 Å². The number of nitro groups is 2. The standard InChI is InChI=1S/C28H32N8O4.C16H22N8O.C14H15N3O2/c1-18(2)23-17-30-35-25(23)32-28(40-22-12-14-34(3)15-13-22)33-27(35)29-16-20-6-4-5-7-24(20)31-26(37)19-8-10-21(11-9-19)36(38)39;1-11(2)13-8-18-24-14(13)20-15(21-16(24)23-10-17-9-19-23)25-12-4-6-22(3)7-5-12;15-9-12-3-1-2-4-14(12)16-10-11-5-7-13(8-6-11)17(18)19/h4-11,17-18,22H,12-16H2,1-3H3,(H,31,37)(H,29,32,33);8-12H,4-7H2,1-3H3;1-8,16H,9-10,15H2. The zero-order valence-electron chi connectivity index (χ0n) is 47.8. The summed E-state index contributed by atoms with van der Waals surface area (Å²) >= 11 is 0. The molecule has 0 bridgehead atoms. The molecule has 0 spiro atoms. The molecule has 0 saturated carbocycles. The van der Waals surface area contributed by atoms with Crippen LogP contribution in [0.3, 0.4) is 0 Å². The minimum absolute atomic E-state index is 0.0484. The van der Waals surface area contributed by atoms with Gasteiger partial charge in [0.1, 0.15) is 24.9 Å². The van der Waals surface area contributed by atoms with Crippen molar-refractivity contribution in [1.29, 1.82) is 0 Å². The van der Waals surface area contributed by atoms with Crippen molar-refractivity contribution in [3.8, 4) is 18.0 Å². The van der Waals surface area contributed by atoms with Crippen LogP contribution in [0, 0.1) is 20.2 Å². The third kappa shape index (κ3) is 14.9. The number of non-ortho nitro benzene ring substituents is 2. The molecule has 84 heavy (non-hydrogen) atoms. The van der Waals surface area contributed by atoms with Crippen molar-refractivity contribution >= 4 is 45.9 Å². The van der Waals surface area contributed by atoms with Crippen LogP contribution in [0.15, 0.2) is 122 Å². The largest absolute Gasteiger partial charge is 0.460 e. The van der Waals surface area contributed by atoms with Gasteiger partial charge in [0.15, 0.2) is 11.3 Å². The molecule has 0 radical (unpaired) electrons. The van der Waals surface area contributed by atoms with E-state index in [4.69, 9.17) is 20.2 Å². The number of amides is 1. The van der Waals surface area contributed by atoms with E-state index in [1.165, 1.54) is 42.7 Å². The number of ether oxygens (including phenoxy) is 2. The number of likely N-dealkylation sites (tertiary alicyclic amines) is 2. The fourth-order valence-corrected chi connectivity index (χ4v) is 9.44. The van der Waals surface area contributed by atoms with E-state index in [-0.39, 0.29) is 35.4 Å². The number of aromatic nitrogens is 11. The lowest BCUT2D eigenvalue weighted by molar-refractivity contribution is -0.385.